The number of nitrogens with zero attached hydrogens (tertiary/aromatic N) is 3. The number of urea groups is 1. The first-order valence-corrected chi connectivity index (χ1v) is 10.2. The summed E-state index contributed by atoms with van der Waals surface area (Å²) >= 11 is 0.931. The minimum Gasteiger partial charge on any atom is -0.467 e. The van der Waals surface area contributed by atoms with E-state index in [9.17, 15) is 13.2 Å². The van der Waals surface area contributed by atoms with Crippen LogP contribution in [-0.4, -0.2) is 56.8 Å². The van der Waals surface area contributed by atoms with Crippen molar-refractivity contribution in [3.63, 3.8) is 0 Å². The highest BCUT2D eigenvalue weighted by atomic mass is 32.2. The number of anilines is 1. The molecule has 28 heavy (non-hydrogen) atoms. The van der Waals surface area contributed by atoms with Gasteiger partial charge in [-0.05, 0) is 18.4 Å². The van der Waals surface area contributed by atoms with Gasteiger partial charge in [-0.25, -0.2) is 17.9 Å². The second-order valence-corrected chi connectivity index (χ2v) is 8.25. The third-order valence-electron chi connectivity index (χ3n) is 3.61. The Bertz CT molecular complexity index is 950. The van der Waals surface area contributed by atoms with E-state index in [-0.39, 0.29) is 22.2 Å². The Balaban J connectivity index is 1.79. The Labute approximate surface area is 164 Å². The second kappa shape index (κ2) is 7.83. The van der Waals surface area contributed by atoms with Gasteiger partial charge in [0.2, 0.25) is 5.95 Å². The molecule has 0 aliphatic carbocycles. The van der Waals surface area contributed by atoms with Crippen LogP contribution in [0.4, 0.5) is 10.7 Å². The zero-order valence-electron chi connectivity index (χ0n) is 15.1. The number of carbonyl (C=O) groups is 1. The Hall–Kier alpha value is -2.55. The number of hydrogen-bond acceptors (Lipinski definition) is 11. The van der Waals surface area contributed by atoms with Crippen LogP contribution in [0, 0.1) is 0 Å². The molecule has 0 bridgehead atoms. The van der Waals surface area contributed by atoms with Gasteiger partial charge in [-0.15, -0.1) is 16.3 Å². The highest BCUT2D eigenvalue weighted by Gasteiger charge is 2.39. The molecule has 0 unspecified atom stereocenters. The smallest absolute Gasteiger partial charge is 0.335 e. The van der Waals surface area contributed by atoms with E-state index in [1.165, 1.54) is 14.2 Å². The molecule has 0 atom stereocenters. The predicted octanol–water partition coefficient (Wildman–Crippen LogP) is 0.680. The highest BCUT2D eigenvalue weighted by molar-refractivity contribution is 7.92. The second-order valence-electron chi connectivity index (χ2n) is 5.46. The topological polar surface area (TPSA) is 151 Å². The predicted molar refractivity (Wildman–Crippen MR) is 95.8 cm³/mol. The van der Waals surface area contributed by atoms with Crippen molar-refractivity contribution in [2.75, 3.05) is 32.8 Å². The largest absolute Gasteiger partial charge is 0.467 e. The van der Waals surface area contributed by atoms with Crippen LogP contribution in [0.1, 0.15) is 12.5 Å². The van der Waals surface area contributed by atoms with Gasteiger partial charge in [0, 0.05) is 5.56 Å². The molecule has 0 spiro atoms. The summed E-state index contributed by atoms with van der Waals surface area (Å²) in [7, 11) is -1.58. The molecule has 3 rings (SSSR count). The first kappa shape index (κ1) is 20.2. The number of thiophene rings is 1. The van der Waals surface area contributed by atoms with Crippen molar-refractivity contribution >= 4 is 33.3 Å². The summed E-state index contributed by atoms with van der Waals surface area (Å²) in [5, 5.41) is 3.77. The van der Waals surface area contributed by atoms with Crippen LogP contribution in [0.15, 0.2) is 15.7 Å². The first-order chi connectivity index (χ1) is 13.3. The Kier molecular flexibility index (Phi) is 5.64. The molecular weight excluding hydrogens is 414 g/mol. The Morgan fingerprint density at radius 3 is 2.36 bits per heavy atom. The van der Waals surface area contributed by atoms with Crippen LogP contribution in [0.3, 0.4) is 0 Å². The van der Waals surface area contributed by atoms with Gasteiger partial charge in [-0.3, -0.25) is 5.32 Å². The number of methoxy groups -OCH3 is 2. The van der Waals surface area contributed by atoms with Gasteiger partial charge in [0.05, 0.1) is 27.4 Å². The van der Waals surface area contributed by atoms with Crippen LogP contribution in [0.2, 0.25) is 0 Å². The monoisotopic (exact) mass is 431 g/mol. The third kappa shape index (κ3) is 4.14. The van der Waals surface area contributed by atoms with Gasteiger partial charge in [-0.1, -0.05) is 0 Å². The van der Waals surface area contributed by atoms with Crippen LogP contribution in [0.5, 0.6) is 12.0 Å². The molecule has 152 valence electrons. The molecule has 1 fully saturated rings. The number of carbonyl (C=O) groups excluding carboxylic acids is 1. The number of amides is 2. The number of nitrogens with one attached hydrogen (secondary N) is 2. The lowest BCUT2D eigenvalue weighted by Gasteiger charge is -2.22. The summed E-state index contributed by atoms with van der Waals surface area (Å²) in [6.07, 6.45) is 0. The first-order valence-electron chi connectivity index (χ1n) is 7.81. The van der Waals surface area contributed by atoms with Crippen molar-refractivity contribution in [2.24, 2.45) is 0 Å². The normalized spacial score (nSPS) is 15.8. The van der Waals surface area contributed by atoms with Gasteiger partial charge in [0.1, 0.15) is 4.21 Å². The van der Waals surface area contributed by atoms with Crippen LogP contribution in [0.25, 0.3) is 0 Å². The minimum absolute atomic E-state index is 0.0992. The Morgan fingerprint density at radius 2 is 1.79 bits per heavy atom. The van der Waals surface area contributed by atoms with E-state index in [1.807, 2.05) is 4.72 Å². The van der Waals surface area contributed by atoms with E-state index >= 15 is 0 Å². The molecule has 0 aromatic carbocycles. The fraction of sp³-hybridized carbons (Fsp3) is 0.429. The summed E-state index contributed by atoms with van der Waals surface area (Å²) in [6, 6.07) is 0.264. The molecule has 1 aliphatic heterocycles. The van der Waals surface area contributed by atoms with Crippen molar-refractivity contribution in [1.29, 1.82) is 0 Å². The quantitative estimate of drug-likeness (QED) is 0.668. The lowest BCUT2D eigenvalue weighted by atomic mass is 10.2. The maximum Gasteiger partial charge on any atom is 0.335 e. The molecule has 2 aromatic rings. The van der Waals surface area contributed by atoms with Gasteiger partial charge >= 0.3 is 18.1 Å². The maximum atomic E-state index is 12.7. The van der Waals surface area contributed by atoms with Gasteiger partial charge in [0.15, 0.2) is 5.79 Å². The maximum absolute atomic E-state index is 12.7. The average molecular weight is 431 g/mol. The molecule has 12 nitrogen and oxygen atoms in total. The Morgan fingerprint density at radius 1 is 1.18 bits per heavy atom. The lowest BCUT2D eigenvalue weighted by Crippen LogP contribution is -2.36. The van der Waals surface area contributed by atoms with Crippen LogP contribution in [-0.2, 0) is 25.3 Å². The average Bonchev–Trinajstić information content (AvgIpc) is 3.31. The van der Waals surface area contributed by atoms with Crippen molar-refractivity contribution in [1.82, 2.24) is 19.7 Å². The number of aromatic nitrogens is 3. The van der Waals surface area contributed by atoms with E-state index in [4.69, 9.17) is 18.9 Å². The minimum atomic E-state index is -4.21. The van der Waals surface area contributed by atoms with E-state index in [2.05, 4.69) is 20.3 Å². The van der Waals surface area contributed by atoms with Gasteiger partial charge in [-0.2, -0.15) is 9.97 Å². The molecule has 0 radical (unpaired) electrons. The van der Waals surface area contributed by atoms with E-state index in [0.29, 0.717) is 18.8 Å². The van der Waals surface area contributed by atoms with Crippen LogP contribution >= 0.6 is 11.3 Å². The fourth-order valence-corrected chi connectivity index (χ4v) is 4.82. The molecule has 2 N–H and O–H groups in total. The van der Waals surface area contributed by atoms with Crippen molar-refractivity contribution in [3.05, 3.63) is 17.0 Å². The number of ether oxygens (including phenoxy) is 4. The van der Waals surface area contributed by atoms with E-state index < -0.39 is 21.8 Å². The van der Waals surface area contributed by atoms with E-state index in [1.54, 1.807) is 18.4 Å². The van der Waals surface area contributed by atoms with Crippen molar-refractivity contribution < 1.29 is 32.2 Å². The van der Waals surface area contributed by atoms with Crippen molar-refractivity contribution in [3.8, 4) is 12.0 Å². The standard InChI is InChI=1S/C14H17N5O7S2/c1-14(25-5-6-26-14)8-4-7-27-9(8)28(21,22)19-11(20)15-10-16-12(23-2)18-13(17-10)24-3/h4,7H,5-6H2,1-3H3,(H2,15,16,17,18,19,20). The third-order valence-corrected chi connectivity index (χ3v) is 6.43. The van der Waals surface area contributed by atoms with E-state index in [0.717, 1.165) is 11.3 Å². The summed E-state index contributed by atoms with van der Waals surface area (Å²) in [5.74, 6) is -1.45. The summed E-state index contributed by atoms with van der Waals surface area (Å²) in [6.45, 7) is 2.29. The molecule has 0 saturated carbocycles. The van der Waals surface area contributed by atoms with Crippen molar-refractivity contribution in [2.45, 2.75) is 16.9 Å². The molecule has 3 heterocycles. The summed E-state index contributed by atoms with van der Waals surface area (Å²) in [5.41, 5.74) is 0.304. The zero-order chi connectivity index (χ0) is 20.4. The zero-order valence-corrected chi connectivity index (χ0v) is 16.7. The molecule has 1 saturated heterocycles. The van der Waals surface area contributed by atoms with Gasteiger partial charge in [0.25, 0.3) is 10.0 Å². The lowest BCUT2D eigenvalue weighted by molar-refractivity contribution is -0.151. The molecular formula is C14H17N5O7S2. The summed E-state index contributed by atoms with van der Waals surface area (Å²) in [4.78, 5) is 23.6. The highest BCUT2D eigenvalue weighted by Crippen LogP contribution is 2.37. The molecule has 2 amide bonds. The number of rotatable bonds is 6. The molecule has 1 aliphatic rings. The summed E-state index contributed by atoms with van der Waals surface area (Å²) < 4.78 is 47.9. The number of hydrogen-bond donors (Lipinski definition) is 2. The fourth-order valence-electron chi connectivity index (χ4n) is 2.38. The molecule has 14 heteroatoms. The number of sulfonamides is 1. The van der Waals surface area contributed by atoms with Gasteiger partial charge < -0.3 is 18.9 Å². The SMILES string of the molecule is COc1nc(NC(=O)NS(=O)(=O)c2sccc2C2(C)OCCO2)nc(OC)n1. The van der Waals surface area contributed by atoms with Crippen LogP contribution < -0.4 is 19.5 Å². The molecule has 2 aromatic heterocycles.